The molecule has 0 unspecified atom stereocenters. The molecule has 0 saturated heterocycles. The summed E-state index contributed by atoms with van der Waals surface area (Å²) in [5.74, 6) is 0. The molecule has 0 saturated carbocycles. The molecule has 0 heterocycles. The van der Waals surface area contributed by atoms with Gasteiger partial charge in [0.15, 0.2) is 0 Å². The Morgan fingerprint density at radius 2 is 1.00 bits per heavy atom. The summed E-state index contributed by atoms with van der Waals surface area (Å²) in [5, 5.41) is 1.18. The van der Waals surface area contributed by atoms with E-state index in [-0.39, 0.29) is 12.4 Å². The van der Waals surface area contributed by atoms with E-state index in [1.807, 2.05) is 0 Å². The summed E-state index contributed by atoms with van der Waals surface area (Å²) < 4.78 is 0. The first kappa shape index (κ1) is 17.2. The van der Waals surface area contributed by atoms with Crippen LogP contribution in [0.5, 0.6) is 0 Å². The number of hydrogen-bond acceptors (Lipinski definition) is 0. The van der Waals surface area contributed by atoms with E-state index in [1.165, 1.54) is 69.5 Å². The number of alkyl halides is 1. The van der Waals surface area contributed by atoms with Crippen molar-refractivity contribution in [2.45, 2.75) is 71.1 Å². The topological polar surface area (TPSA) is 0 Å². The molecule has 14 heavy (non-hydrogen) atoms. The van der Waals surface area contributed by atoms with Crippen LogP contribution in [0.4, 0.5) is 0 Å². The van der Waals surface area contributed by atoms with Gasteiger partial charge in [-0.05, 0) is 6.42 Å². The van der Waals surface area contributed by atoms with Crippen molar-refractivity contribution in [3.05, 3.63) is 0 Å². The molecule has 0 aromatic rings. The summed E-state index contributed by atoms with van der Waals surface area (Å²) in [5.41, 5.74) is 0. The average Bonchev–Trinajstić information content (AvgIpc) is 2.16. The Morgan fingerprint density at radius 3 is 1.36 bits per heavy atom. The van der Waals surface area contributed by atoms with E-state index >= 15 is 0 Å². The number of rotatable bonds is 10. The molecule has 0 atom stereocenters. The molecule has 0 bridgehead atoms. The zero-order valence-electron chi connectivity index (χ0n) is 9.56. The third-order valence-corrected chi connectivity index (χ3v) is 3.05. The Balaban J connectivity index is 0. The standard InChI is InChI=1S/C12H25Br.ClH/c1-2-3-4-5-6-7-8-9-10-11-12-13;/h2-12H2,1H3;1H. The van der Waals surface area contributed by atoms with Crippen molar-refractivity contribution >= 4 is 28.3 Å². The van der Waals surface area contributed by atoms with Gasteiger partial charge in [-0.2, -0.15) is 0 Å². The maximum absolute atomic E-state index is 3.46. The predicted octanol–water partition coefficient (Wildman–Crippen LogP) is 5.72. The lowest BCUT2D eigenvalue weighted by Crippen LogP contribution is -1.81. The fourth-order valence-corrected chi connectivity index (χ4v) is 1.98. The molecule has 0 amide bonds. The van der Waals surface area contributed by atoms with Gasteiger partial charge in [0.1, 0.15) is 0 Å². The Hall–Kier alpha value is 0.770. The lowest BCUT2D eigenvalue weighted by atomic mass is 10.1. The van der Waals surface area contributed by atoms with E-state index in [9.17, 15) is 0 Å². The minimum atomic E-state index is 0. The van der Waals surface area contributed by atoms with Gasteiger partial charge >= 0.3 is 0 Å². The lowest BCUT2D eigenvalue weighted by molar-refractivity contribution is 0.563. The van der Waals surface area contributed by atoms with Gasteiger partial charge in [0.25, 0.3) is 0 Å². The van der Waals surface area contributed by atoms with Crippen LogP contribution in [0.1, 0.15) is 71.1 Å². The average molecular weight is 286 g/mol. The number of halogens is 2. The monoisotopic (exact) mass is 284 g/mol. The van der Waals surface area contributed by atoms with E-state index in [1.54, 1.807) is 0 Å². The fraction of sp³-hybridized carbons (Fsp3) is 1.00. The third-order valence-electron chi connectivity index (χ3n) is 2.49. The summed E-state index contributed by atoms with van der Waals surface area (Å²) in [6, 6.07) is 0. The summed E-state index contributed by atoms with van der Waals surface area (Å²) in [4.78, 5) is 0. The van der Waals surface area contributed by atoms with Crippen molar-refractivity contribution < 1.29 is 0 Å². The van der Waals surface area contributed by atoms with Crippen LogP contribution in [-0.4, -0.2) is 5.33 Å². The van der Waals surface area contributed by atoms with Crippen LogP contribution < -0.4 is 0 Å². The predicted molar refractivity (Wildman–Crippen MR) is 72.9 cm³/mol. The van der Waals surface area contributed by atoms with Crippen LogP contribution in [0.3, 0.4) is 0 Å². The van der Waals surface area contributed by atoms with Crippen LogP contribution in [0.25, 0.3) is 0 Å². The van der Waals surface area contributed by atoms with Crippen molar-refractivity contribution in [1.82, 2.24) is 0 Å². The van der Waals surface area contributed by atoms with Gasteiger partial charge in [-0.25, -0.2) is 0 Å². The maximum atomic E-state index is 3.46. The third kappa shape index (κ3) is 15.3. The van der Waals surface area contributed by atoms with Gasteiger partial charge in [0.2, 0.25) is 0 Å². The largest absolute Gasteiger partial charge is 0.147 e. The molecule has 0 fully saturated rings. The Bertz CT molecular complexity index is 76.4. The molecule has 0 radical (unpaired) electrons. The maximum Gasteiger partial charge on any atom is 0.00313 e. The minimum Gasteiger partial charge on any atom is -0.147 e. The van der Waals surface area contributed by atoms with Crippen LogP contribution in [0.15, 0.2) is 0 Å². The first-order valence-electron chi connectivity index (χ1n) is 5.97. The summed E-state index contributed by atoms with van der Waals surface area (Å²) in [6.45, 7) is 2.28. The van der Waals surface area contributed by atoms with Gasteiger partial charge in [-0.3, -0.25) is 0 Å². The van der Waals surface area contributed by atoms with Crippen molar-refractivity contribution in [1.29, 1.82) is 0 Å². The second-order valence-electron chi connectivity index (χ2n) is 3.87. The lowest BCUT2D eigenvalue weighted by Gasteiger charge is -2.00. The van der Waals surface area contributed by atoms with E-state index in [2.05, 4.69) is 22.9 Å². The van der Waals surface area contributed by atoms with Crippen LogP contribution in [0.2, 0.25) is 0 Å². The molecular weight excluding hydrogens is 259 g/mol. The molecule has 0 aliphatic carbocycles. The molecule has 0 aromatic heterocycles. The smallest absolute Gasteiger partial charge is 0.00313 e. The van der Waals surface area contributed by atoms with E-state index in [0.29, 0.717) is 0 Å². The quantitative estimate of drug-likeness (QED) is 0.355. The van der Waals surface area contributed by atoms with Gasteiger partial charge in [0, 0.05) is 5.33 Å². The molecule has 0 aromatic carbocycles. The van der Waals surface area contributed by atoms with Gasteiger partial charge in [0.05, 0.1) is 0 Å². The summed E-state index contributed by atoms with van der Waals surface area (Å²) in [7, 11) is 0. The Morgan fingerprint density at radius 1 is 0.643 bits per heavy atom. The van der Waals surface area contributed by atoms with Gasteiger partial charge < -0.3 is 0 Å². The molecular formula is C12H26BrCl. The van der Waals surface area contributed by atoms with Crippen LogP contribution in [0, 0.1) is 0 Å². The zero-order valence-corrected chi connectivity index (χ0v) is 12.0. The molecule has 88 valence electrons. The second kappa shape index (κ2) is 16.2. The Labute approximate surface area is 105 Å². The van der Waals surface area contributed by atoms with E-state index in [4.69, 9.17) is 0 Å². The molecule has 0 rings (SSSR count). The molecule has 0 nitrogen and oxygen atoms in total. The minimum absolute atomic E-state index is 0. The molecule has 0 N–H and O–H groups in total. The Kier molecular flexibility index (Phi) is 19.9. The van der Waals surface area contributed by atoms with Crippen molar-refractivity contribution in [3.8, 4) is 0 Å². The SMILES string of the molecule is CCCCCCCCCCCCBr.Cl. The zero-order chi connectivity index (χ0) is 9.78. The van der Waals surface area contributed by atoms with Crippen molar-refractivity contribution in [2.75, 3.05) is 5.33 Å². The van der Waals surface area contributed by atoms with Crippen LogP contribution >= 0.6 is 28.3 Å². The summed E-state index contributed by atoms with van der Waals surface area (Å²) >= 11 is 3.46. The molecule has 2 heteroatoms. The van der Waals surface area contributed by atoms with Gasteiger partial charge in [-0.1, -0.05) is 80.6 Å². The number of hydrogen-bond donors (Lipinski definition) is 0. The van der Waals surface area contributed by atoms with Gasteiger partial charge in [-0.15, -0.1) is 12.4 Å². The normalized spacial score (nSPS) is 9.86. The number of unbranched alkanes of at least 4 members (excludes halogenated alkanes) is 9. The first-order chi connectivity index (χ1) is 6.41. The fourth-order valence-electron chi connectivity index (χ4n) is 1.58. The molecule has 0 spiro atoms. The second-order valence-corrected chi connectivity index (χ2v) is 4.66. The van der Waals surface area contributed by atoms with Crippen molar-refractivity contribution in [2.24, 2.45) is 0 Å². The molecule has 0 aliphatic heterocycles. The highest BCUT2D eigenvalue weighted by Gasteiger charge is 1.91. The highest BCUT2D eigenvalue weighted by molar-refractivity contribution is 9.09. The summed E-state index contributed by atoms with van der Waals surface area (Å²) in [6.07, 6.45) is 14.3. The molecule has 0 aliphatic rings. The highest BCUT2D eigenvalue weighted by atomic mass is 79.9. The highest BCUT2D eigenvalue weighted by Crippen LogP contribution is 2.10. The van der Waals surface area contributed by atoms with Crippen LogP contribution in [-0.2, 0) is 0 Å². The van der Waals surface area contributed by atoms with E-state index < -0.39 is 0 Å². The van der Waals surface area contributed by atoms with Crippen molar-refractivity contribution in [3.63, 3.8) is 0 Å². The van der Waals surface area contributed by atoms with E-state index in [0.717, 1.165) is 0 Å². The first-order valence-corrected chi connectivity index (χ1v) is 7.10.